The number of carbonyl (C=O) groups is 1. The Morgan fingerprint density at radius 2 is 2.18 bits per heavy atom. The molecule has 28 heavy (non-hydrogen) atoms. The molecule has 10 heteroatoms. The summed E-state index contributed by atoms with van der Waals surface area (Å²) in [5.74, 6) is -0.930. The van der Waals surface area contributed by atoms with E-state index in [1.54, 1.807) is 6.92 Å². The number of nitrogens with zero attached hydrogens (tertiary/aromatic N) is 3. The highest BCUT2D eigenvalue weighted by molar-refractivity contribution is 5.96. The highest BCUT2D eigenvalue weighted by Crippen LogP contribution is 2.36. The van der Waals surface area contributed by atoms with Crippen molar-refractivity contribution in [3.63, 3.8) is 0 Å². The SMILES string of the molecule is CC[C@@H]1[C@H](F)C(=O)N[C@@H]1COc1ncc([N+](=O)[O-])c2cc(C#N)c(OC)cc12. The van der Waals surface area contributed by atoms with Gasteiger partial charge < -0.3 is 14.8 Å². The molecule has 0 aliphatic carbocycles. The molecule has 146 valence electrons. The van der Waals surface area contributed by atoms with Crippen LogP contribution in [0.25, 0.3) is 10.8 Å². The number of nitriles is 1. The van der Waals surface area contributed by atoms with Gasteiger partial charge in [0.25, 0.3) is 11.6 Å². The minimum Gasteiger partial charge on any atom is -0.495 e. The molecule has 3 atom stereocenters. The highest BCUT2D eigenvalue weighted by Gasteiger charge is 2.41. The predicted molar refractivity (Wildman–Crippen MR) is 95.8 cm³/mol. The summed E-state index contributed by atoms with van der Waals surface area (Å²) < 4.78 is 24.8. The van der Waals surface area contributed by atoms with E-state index in [1.807, 2.05) is 6.07 Å². The zero-order chi connectivity index (χ0) is 20.4. The highest BCUT2D eigenvalue weighted by atomic mass is 19.1. The summed E-state index contributed by atoms with van der Waals surface area (Å²) >= 11 is 0. The topological polar surface area (TPSA) is 127 Å². The van der Waals surface area contributed by atoms with Crippen LogP contribution in [0.4, 0.5) is 10.1 Å². The number of carbonyl (C=O) groups excluding carboxylic acids is 1. The average Bonchev–Trinajstić information content (AvgIpc) is 2.97. The number of benzene rings is 1. The molecule has 2 aromatic rings. The van der Waals surface area contributed by atoms with Gasteiger partial charge in [-0.2, -0.15) is 5.26 Å². The lowest BCUT2D eigenvalue weighted by molar-refractivity contribution is -0.383. The van der Waals surface area contributed by atoms with Crippen molar-refractivity contribution in [3.8, 4) is 17.7 Å². The first-order valence-corrected chi connectivity index (χ1v) is 8.53. The zero-order valence-corrected chi connectivity index (χ0v) is 15.1. The molecular weight excluding hydrogens is 371 g/mol. The summed E-state index contributed by atoms with van der Waals surface area (Å²) in [6.45, 7) is 1.73. The Morgan fingerprint density at radius 3 is 2.79 bits per heavy atom. The Kier molecular flexibility index (Phi) is 5.26. The van der Waals surface area contributed by atoms with Crippen molar-refractivity contribution in [2.45, 2.75) is 25.6 Å². The Balaban J connectivity index is 2.00. The number of nitrogens with one attached hydrogen (secondary N) is 1. The van der Waals surface area contributed by atoms with Crippen LogP contribution in [0.5, 0.6) is 11.6 Å². The van der Waals surface area contributed by atoms with E-state index in [4.69, 9.17) is 9.47 Å². The second-order valence-corrected chi connectivity index (χ2v) is 6.32. The maximum absolute atomic E-state index is 13.9. The monoisotopic (exact) mass is 388 g/mol. The first-order chi connectivity index (χ1) is 13.4. The molecule has 1 aliphatic heterocycles. The molecule has 0 bridgehead atoms. The third kappa shape index (κ3) is 3.26. The molecule has 9 nitrogen and oxygen atoms in total. The number of amides is 1. The number of aromatic nitrogens is 1. The van der Waals surface area contributed by atoms with Crippen LogP contribution in [0.3, 0.4) is 0 Å². The van der Waals surface area contributed by atoms with Gasteiger partial charge in [-0.15, -0.1) is 0 Å². The van der Waals surface area contributed by atoms with E-state index in [1.165, 1.54) is 19.2 Å². The first kappa shape index (κ1) is 19.3. The smallest absolute Gasteiger partial charge is 0.295 e. The lowest BCUT2D eigenvalue weighted by Gasteiger charge is -2.18. The molecule has 0 saturated carbocycles. The molecule has 1 aliphatic rings. The lowest BCUT2D eigenvalue weighted by Crippen LogP contribution is -2.34. The minimum absolute atomic E-state index is 0.0487. The molecule has 1 saturated heterocycles. The molecule has 3 rings (SSSR count). The number of rotatable bonds is 6. The maximum Gasteiger partial charge on any atom is 0.295 e. The summed E-state index contributed by atoms with van der Waals surface area (Å²) in [7, 11) is 1.37. The predicted octanol–water partition coefficient (Wildman–Crippen LogP) is 2.26. The zero-order valence-electron chi connectivity index (χ0n) is 15.1. The van der Waals surface area contributed by atoms with Gasteiger partial charge in [-0.05, 0) is 18.6 Å². The molecule has 1 aromatic heterocycles. The Morgan fingerprint density at radius 1 is 1.43 bits per heavy atom. The van der Waals surface area contributed by atoms with Crippen LogP contribution in [0, 0.1) is 27.4 Å². The summed E-state index contributed by atoms with van der Waals surface area (Å²) in [5, 5.41) is 23.6. The molecule has 1 aromatic carbocycles. The third-order valence-corrected chi connectivity index (χ3v) is 4.81. The van der Waals surface area contributed by atoms with Crippen molar-refractivity contribution in [1.29, 1.82) is 5.26 Å². The van der Waals surface area contributed by atoms with Gasteiger partial charge in [-0.1, -0.05) is 6.92 Å². The van der Waals surface area contributed by atoms with Gasteiger partial charge in [0.2, 0.25) is 5.88 Å². The Labute approximate surface area is 159 Å². The van der Waals surface area contributed by atoms with Crippen LogP contribution in [0.1, 0.15) is 18.9 Å². The fraction of sp³-hybridized carbons (Fsp3) is 0.389. The summed E-state index contributed by atoms with van der Waals surface area (Å²) in [4.78, 5) is 26.3. The number of hydrogen-bond acceptors (Lipinski definition) is 7. The van der Waals surface area contributed by atoms with Gasteiger partial charge in [-0.3, -0.25) is 14.9 Å². The number of fused-ring (bicyclic) bond motifs is 1. The fourth-order valence-electron chi connectivity index (χ4n) is 3.34. The van der Waals surface area contributed by atoms with Crippen molar-refractivity contribution in [2.24, 2.45) is 5.92 Å². The molecule has 1 fully saturated rings. The number of pyridine rings is 1. The summed E-state index contributed by atoms with van der Waals surface area (Å²) in [6, 6.07) is 4.16. The summed E-state index contributed by atoms with van der Waals surface area (Å²) in [6.07, 6.45) is -0.117. The molecule has 1 amide bonds. The number of nitro groups is 1. The van der Waals surface area contributed by atoms with Crippen LogP contribution < -0.4 is 14.8 Å². The Bertz CT molecular complexity index is 990. The van der Waals surface area contributed by atoms with Crippen molar-refractivity contribution in [2.75, 3.05) is 13.7 Å². The van der Waals surface area contributed by atoms with Crippen LogP contribution in [-0.4, -0.2) is 41.7 Å². The van der Waals surface area contributed by atoms with Crippen molar-refractivity contribution >= 4 is 22.4 Å². The van der Waals surface area contributed by atoms with E-state index in [0.717, 1.165) is 6.20 Å². The third-order valence-electron chi connectivity index (χ3n) is 4.81. The molecule has 0 spiro atoms. The van der Waals surface area contributed by atoms with Gasteiger partial charge in [0, 0.05) is 5.92 Å². The van der Waals surface area contributed by atoms with Crippen LogP contribution >= 0.6 is 0 Å². The van der Waals surface area contributed by atoms with Gasteiger partial charge >= 0.3 is 0 Å². The molecule has 2 heterocycles. The second kappa shape index (κ2) is 7.64. The number of hydrogen-bond donors (Lipinski definition) is 1. The summed E-state index contributed by atoms with van der Waals surface area (Å²) in [5.41, 5.74) is -0.157. The largest absolute Gasteiger partial charge is 0.495 e. The van der Waals surface area contributed by atoms with E-state index < -0.39 is 29.0 Å². The molecule has 0 radical (unpaired) electrons. The van der Waals surface area contributed by atoms with Crippen molar-refractivity contribution in [1.82, 2.24) is 10.3 Å². The van der Waals surface area contributed by atoms with Gasteiger partial charge in [-0.25, -0.2) is 9.37 Å². The van der Waals surface area contributed by atoms with E-state index in [-0.39, 0.29) is 40.3 Å². The minimum atomic E-state index is -1.60. The number of halogens is 1. The van der Waals surface area contributed by atoms with Crippen LogP contribution in [0.15, 0.2) is 18.3 Å². The second-order valence-electron chi connectivity index (χ2n) is 6.32. The number of alkyl halides is 1. The van der Waals surface area contributed by atoms with Crippen molar-refractivity contribution in [3.05, 3.63) is 34.0 Å². The average molecular weight is 388 g/mol. The van der Waals surface area contributed by atoms with E-state index >= 15 is 0 Å². The fourth-order valence-corrected chi connectivity index (χ4v) is 3.34. The quantitative estimate of drug-likeness (QED) is 0.594. The van der Waals surface area contributed by atoms with Crippen LogP contribution in [0.2, 0.25) is 0 Å². The standard InChI is InChI=1S/C18H17FN4O5/c1-3-10-13(22-17(24)16(10)19)8-28-18-12-5-15(27-2)9(6-20)4-11(12)14(7-21-18)23(25)26/h4-5,7,10,13,16H,3,8H2,1-2H3,(H,22,24)/t10-,13+,16-/m0/s1. The molecule has 0 unspecified atom stereocenters. The lowest BCUT2D eigenvalue weighted by atomic mass is 9.97. The van der Waals surface area contributed by atoms with E-state index in [9.17, 15) is 24.6 Å². The maximum atomic E-state index is 13.9. The van der Waals surface area contributed by atoms with Crippen molar-refractivity contribution < 1.29 is 23.6 Å². The molecular formula is C18H17FN4O5. The number of methoxy groups -OCH3 is 1. The van der Waals surface area contributed by atoms with Gasteiger partial charge in [0.15, 0.2) is 6.17 Å². The van der Waals surface area contributed by atoms with Gasteiger partial charge in [0.1, 0.15) is 24.6 Å². The van der Waals surface area contributed by atoms with E-state index in [2.05, 4.69) is 10.3 Å². The normalized spacial score (nSPS) is 21.2. The first-order valence-electron chi connectivity index (χ1n) is 8.53. The Hall–Kier alpha value is -3.48. The van der Waals surface area contributed by atoms with Gasteiger partial charge in [0.05, 0.1) is 34.4 Å². The van der Waals surface area contributed by atoms with Crippen LogP contribution in [-0.2, 0) is 4.79 Å². The van der Waals surface area contributed by atoms with E-state index in [0.29, 0.717) is 6.42 Å². The number of ether oxygens (including phenoxy) is 2. The molecule has 1 N–H and O–H groups in total.